The summed E-state index contributed by atoms with van der Waals surface area (Å²) in [5, 5.41) is 3.60. The highest BCUT2D eigenvalue weighted by Gasteiger charge is 2.32. The molecule has 19 heavy (non-hydrogen) atoms. The van der Waals surface area contributed by atoms with Crippen LogP contribution in [0.5, 0.6) is 0 Å². The molecule has 106 valence electrons. The Hall–Kier alpha value is -0.860. The molecule has 1 N–H and O–H groups in total. The normalized spacial score (nSPS) is 22.1. The number of rotatable bonds is 4. The summed E-state index contributed by atoms with van der Waals surface area (Å²) in [5.74, 6) is 0. The van der Waals surface area contributed by atoms with E-state index in [4.69, 9.17) is 0 Å². The van der Waals surface area contributed by atoms with Gasteiger partial charge in [-0.3, -0.25) is 0 Å². The van der Waals surface area contributed by atoms with Crippen molar-refractivity contribution >= 4 is 0 Å². The number of nitrogens with one attached hydrogen (secondary N) is 1. The van der Waals surface area contributed by atoms with Gasteiger partial charge in [-0.05, 0) is 58.7 Å². The van der Waals surface area contributed by atoms with Crippen LogP contribution in [-0.4, -0.2) is 36.6 Å². The summed E-state index contributed by atoms with van der Waals surface area (Å²) >= 11 is 0. The average molecular weight is 260 g/mol. The van der Waals surface area contributed by atoms with Crippen LogP contribution in [0.15, 0.2) is 18.2 Å². The first kappa shape index (κ1) is 14.5. The van der Waals surface area contributed by atoms with Gasteiger partial charge in [-0.25, -0.2) is 0 Å². The molecule has 0 aromatic heterocycles. The van der Waals surface area contributed by atoms with Gasteiger partial charge < -0.3 is 10.2 Å². The lowest BCUT2D eigenvalue weighted by Gasteiger charge is -2.25. The van der Waals surface area contributed by atoms with Gasteiger partial charge in [0.25, 0.3) is 0 Å². The minimum Gasteiger partial charge on any atom is -0.310 e. The van der Waals surface area contributed by atoms with E-state index in [1.54, 1.807) is 0 Å². The summed E-state index contributed by atoms with van der Waals surface area (Å²) in [4.78, 5) is 2.51. The lowest BCUT2D eigenvalue weighted by Crippen LogP contribution is -2.34. The van der Waals surface area contributed by atoms with E-state index in [9.17, 15) is 0 Å². The zero-order chi connectivity index (χ0) is 14.0. The van der Waals surface area contributed by atoms with Crippen LogP contribution < -0.4 is 5.32 Å². The SMILES string of the molecule is Cc1ccc(CCN(C)C2CNC(C)(C)C2)c(C)c1. The van der Waals surface area contributed by atoms with E-state index in [1.165, 1.54) is 23.1 Å². The molecule has 1 aliphatic heterocycles. The first-order valence-electron chi connectivity index (χ1n) is 7.39. The van der Waals surface area contributed by atoms with Crippen molar-refractivity contribution in [1.82, 2.24) is 10.2 Å². The molecule has 0 saturated carbocycles. The topological polar surface area (TPSA) is 15.3 Å². The fourth-order valence-electron chi connectivity index (χ4n) is 3.04. The molecule has 1 fully saturated rings. The second-order valence-corrected chi connectivity index (χ2v) is 6.78. The zero-order valence-corrected chi connectivity index (χ0v) is 13.1. The molecular weight excluding hydrogens is 232 g/mol. The average Bonchev–Trinajstić information content (AvgIpc) is 2.68. The largest absolute Gasteiger partial charge is 0.310 e. The van der Waals surface area contributed by atoms with E-state index in [2.05, 4.69) is 63.2 Å². The quantitative estimate of drug-likeness (QED) is 0.895. The van der Waals surface area contributed by atoms with Crippen LogP contribution in [0.25, 0.3) is 0 Å². The summed E-state index contributed by atoms with van der Waals surface area (Å²) in [7, 11) is 2.26. The maximum atomic E-state index is 3.60. The van der Waals surface area contributed by atoms with E-state index in [1.807, 2.05) is 0 Å². The Labute approximate surface area is 118 Å². The second-order valence-electron chi connectivity index (χ2n) is 6.78. The highest BCUT2D eigenvalue weighted by atomic mass is 15.2. The van der Waals surface area contributed by atoms with Gasteiger partial charge in [0.05, 0.1) is 0 Å². The molecular formula is C17H28N2. The summed E-state index contributed by atoms with van der Waals surface area (Å²) in [6, 6.07) is 7.48. The molecule has 0 aliphatic carbocycles. The van der Waals surface area contributed by atoms with Crippen molar-refractivity contribution in [2.75, 3.05) is 20.1 Å². The van der Waals surface area contributed by atoms with Crippen LogP contribution in [0.1, 0.15) is 37.0 Å². The third-order valence-electron chi connectivity index (χ3n) is 4.42. The number of benzene rings is 1. The highest BCUT2D eigenvalue weighted by molar-refractivity contribution is 5.30. The van der Waals surface area contributed by atoms with Crippen molar-refractivity contribution < 1.29 is 0 Å². The summed E-state index contributed by atoms with van der Waals surface area (Å²) in [6.07, 6.45) is 2.40. The molecule has 1 saturated heterocycles. The summed E-state index contributed by atoms with van der Waals surface area (Å²) in [6.45, 7) is 11.2. The van der Waals surface area contributed by atoms with Crippen molar-refractivity contribution in [3.8, 4) is 0 Å². The number of hydrogen-bond donors (Lipinski definition) is 1. The van der Waals surface area contributed by atoms with Crippen LogP contribution in [0, 0.1) is 13.8 Å². The molecule has 0 amide bonds. The Morgan fingerprint density at radius 1 is 1.32 bits per heavy atom. The van der Waals surface area contributed by atoms with Crippen molar-refractivity contribution in [1.29, 1.82) is 0 Å². The molecule has 2 heteroatoms. The first-order valence-corrected chi connectivity index (χ1v) is 7.39. The standard InChI is InChI=1S/C17H28N2/c1-13-6-7-15(14(2)10-13)8-9-19(5)16-11-17(3,4)18-12-16/h6-7,10,16,18H,8-9,11-12H2,1-5H3. The summed E-state index contributed by atoms with van der Waals surface area (Å²) in [5.41, 5.74) is 4.58. The molecule has 1 atom stereocenters. The van der Waals surface area contributed by atoms with Gasteiger partial charge in [0.1, 0.15) is 0 Å². The smallest absolute Gasteiger partial charge is 0.0235 e. The lowest BCUT2D eigenvalue weighted by molar-refractivity contribution is 0.251. The maximum Gasteiger partial charge on any atom is 0.0235 e. The highest BCUT2D eigenvalue weighted by Crippen LogP contribution is 2.21. The monoisotopic (exact) mass is 260 g/mol. The number of hydrogen-bond acceptors (Lipinski definition) is 2. The van der Waals surface area contributed by atoms with Gasteiger partial charge >= 0.3 is 0 Å². The molecule has 1 unspecified atom stereocenters. The van der Waals surface area contributed by atoms with Gasteiger partial charge in [-0.15, -0.1) is 0 Å². The Kier molecular flexibility index (Phi) is 4.32. The maximum absolute atomic E-state index is 3.60. The van der Waals surface area contributed by atoms with Crippen molar-refractivity contribution in [2.45, 2.75) is 52.1 Å². The lowest BCUT2D eigenvalue weighted by atomic mass is 10.00. The van der Waals surface area contributed by atoms with E-state index in [-0.39, 0.29) is 0 Å². The van der Waals surface area contributed by atoms with Crippen LogP contribution in [-0.2, 0) is 6.42 Å². The molecule has 1 aliphatic rings. The molecule has 2 rings (SSSR count). The van der Waals surface area contributed by atoms with Crippen molar-refractivity contribution in [2.24, 2.45) is 0 Å². The zero-order valence-electron chi connectivity index (χ0n) is 13.1. The minimum absolute atomic E-state index is 0.304. The van der Waals surface area contributed by atoms with E-state index in [0.29, 0.717) is 11.6 Å². The van der Waals surface area contributed by atoms with Crippen molar-refractivity contribution in [3.63, 3.8) is 0 Å². The minimum atomic E-state index is 0.304. The van der Waals surface area contributed by atoms with E-state index in [0.717, 1.165) is 19.5 Å². The van der Waals surface area contributed by atoms with Crippen molar-refractivity contribution in [3.05, 3.63) is 34.9 Å². The predicted molar refractivity (Wildman–Crippen MR) is 82.7 cm³/mol. The van der Waals surface area contributed by atoms with Gasteiger partial charge in [0, 0.05) is 24.7 Å². The van der Waals surface area contributed by atoms with Gasteiger partial charge in [-0.2, -0.15) is 0 Å². The Morgan fingerprint density at radius 3 is 2.63 bits per heavy atom. The van der Waals surface area contributed by atoms with Crippen LogP contribution in [0.2, 0.25) is 0 Å². The molecule has 1 aromatic rings. The molecule has 2 nitrogen and oxygen atoms in total. The van der Waals surface area contributed by atoms with Gasteiger partial charge in [-0.1, -0.05) is 23.8 Å². The van der Waals surface area contributed by atoms with E-state index < -0.39 is 0 Å². The third kappa shape index (κ3) is 3.80. The number of nitrogens with zero attached hydrogens (tertiary/aromatic N) is 1. The second kappa shape index (κ2) is 5.64. The summed E-state index contributed by atoms with van der Waals surface area (Å²) < 4.78 is 0. The van der Waals surface area contributed by atoms with Gasteiger partial charge in [0.2, 0.25) is 0 Å². The van der Waals surface area contributed by atoms with Crippen LogP contribution >= 0.6 is 0 Å². The molecule has 0 spiro atoms. The predicted octanol–water partition coefficient (Wildman–Crippen LogP) is 2.92. The molecule has 1 heterocycles. The Bertz CT molecular complexity index is 437. The molecule has 0 radical (unpaired) electrons. The Balaban J connectivity index is 1.88. The first-order chi connectivity index (χ1) is 8.87. The van der Waals surface area contributed by atoms with E-state index >= 15 is 0 Å². The van der Waals surface area contributed by atoms with Crippen LogP contribution in [0.4, 0.5) is 0 Å². The Morgan fingerprint density at radius 2 is 2.05 bits per heavy atom. The van der Waals surface area contributed by atoms with Crippen LogP contribution in [0.3, 0.4) is 0 Å². The number of likely N-dealkylation sites (N-methyl/N-ethyl adjacent to an activating group) is 1. The fourth-order valence-corrected chi connectivity index (χ4v) is 3.04. The fraction of sp³-hybridized carbons (Fsp3) is 0.647. The van der Waals surface area contributed by atoms with Gasteiger partial charge in [0.15, 0.2) is 0 Å². The number of aryl methyl sites for hydroxylation is 2. The molecule has 0 bridgehead atoms. The molecule has 1 aromatic carbocycles. The third-order valence-corrected chi connectivity index (χ3v) is 4.42.